The van der Waals surface area contributed by atoms with E-state index in [1.807, 2.05) is 25.1 Å². The van der Waals surface area contributed by atoms with Gasteiger partial charge in [0.25, 0.3) is 0 Å². The second-order valence-corrected chi connectivity index (χ2v) is 6.98. The van der Waals surface area contributed by atoms with Crippen molar-refractivity contribution in [3.05, 3.63) is 51.2 Å². The predicted octanol–water partition coefficient (Wildman–Crippen LogP) is 3.33. The molecule has 128 valence electrons. The lowest BCUT2D eigenvalue weighted by Crippen LogP contribution is -2.29. The fourth-order valence-corrected chi connectivity index (χ4v) is 3.18. The van der Waals surface area contributed by atoms with E-state index in [1.54, 1.807) is 18.2 Å². The molecule has 2 rings (SSSR count). The molecule has 7 heteroatoms. The van der Waals surface area contributed by atoms with Crippen LogP contribution in [0.3, 0.4) is 0 Å². The summed E-state index contributed by atoms with van der Waals surface area (Å²) in [6.07, 6.45) is 0.683. The van der Waals surface area contributed by atoms with Gasteiger partial charge in [-0.05, 0) is 43.2 Å². The first-order valence-electron chi connectivity index (χ1n) is 7.42. The number of carboxylic acid groups (broad SMARTS) is 1. The minimum absolute atomic E-state index is 0.0325. The lowest BCUT2D eigenvalue weighted by atomic mass is 10.1. The molecule has 1 aromatic carbocycles. The standard InChI is InChI=1S/C17H18ClNO4S/c1-11(14-6-7-15(18)24-14)17(22)19-9-8-12-2-4-13(5-3-12)23-10-16(20)21/h2-7,11H,8-10H2,1H3,(H,19,22)(H,20,21). The first-order valence-corrected chi connectivity index (χ1v) is 8.61. The fourth-order valence-electron chi connectivity index (χ4n) is 2.07. The van der Waals surface area contributed by atoms with Crippen LogP contribution in [0.2, 0.25) is 4.34 Å². The number of ether oxygens (including phenoxy) is 1. The Morgan fingerprint density at radius 2 is 1.96 bits per heavy atom. The molecule has 0 aliphatic rings. The maximum Gasteiger partial charge on any atom is 0.341 e. The van der Waals surface area contributed by atoms with Gasteiger partial charge in [0.1, 0.15) is 5.75 Å². The van der Waals surface area contributed by atoms with Crippen molar-refractivity contribution in [2.75, 3.05) is 13.2 Å². The van der Waals surface area contributed by atoms with Crippen molar-refractivity contribution in [2.24, 2.45) is 0 Å². The number of nitrogens with one attached hydrogen (secondary N) is 1. The van der Waals surface area contributed by atoms with Crippen LogP contribution in [-0.4, -0.2) is 30.1 Å². The summed E-state index contributed by atoms with van der Waals surface area (Å²) in [7, 11) is 0. The van der Waals surface area contributed by atoms with Crippen molar-refractivity contribution in [2.45, 2.75) is 19.3 Å². The predicted molar refractivity (Wildman–Crippen MR) is 94.0 cm³/mol. The normalized spacial score (nSPS) is 11.8. The van der Waals surface area contributed by atoms with E-state index >= 15 is 0 Å². The maximum absolute atomic E-state index is 12.1. The van der Waals surface area contributed by atoms with Crippen LogP contribution in [0.5, 0.6) is 5.75 Å². The van der Waals surface area contributed by atoms with Crippen LogP contribution >= 0.6 is 22.9 Å². The number of hydrogen-bond acceptors (Lipinski definition) is 4. The van der Waals surface area contributed by atoms with Gasteiger partial charge in [0, 0.05) is 11.4 Å². The number of carboxylic acids is 1. The van der Waals surface area contributed by atoms with E-state index in [-0.39, 0.29) is 18.4 Å². The van der Waals surface area contributed by atoms with Gasteiger partial charge in [0.15, 0.2) is 6.61 Å². The van der Waals surface area contributed by atoms with Crippen LogP contribution in [0.15, 0.2) is 36.4 Å². The molecule has 1 atom stereocenters. The van der Waals surface area contributed by atoms with Crippen molar-refractivity contribution in [3.8, 4) is 5.75 Å². The fraction of sp³-hybridized carbons (Fsp3) is 0.294. The number of carbonyl (C=O) groups excluding carboxylic acids is 1. The van der Waals surface area contributed by atoms with Gasteiger partial charge < -0.3 is 15.2 Å². The minimum Gasteiger partial charge on any atom is -0.482 e. The second-order valence-electron chi connectivity index (χ2n) is 5.23. The lowest BCUT2D eigenvalue weighted by molar-refractivity contribution is -0.139. The number of rotatable bonds is 8. The molecule has 1 unspecified atom stereocenters. The number of halogens is 1. The first-order chi connectivity index (χ1) is 11.5. The number of carbonyl (C=O) groups is 2. The van der Waals surface area contributed by atoms with Gasteiger partial charge in [-0.2, -0.15) is 0 Å². The van der Waals surface area contributed by atoms with Gasteiger partial charge >= 0.3 is 5.97 Å². The van der Waals surface area contributed by atoms with Crippen LogP contribution in [-0.2, 0) is 16.0 Å². The molecule has 2 aromatic rings. The number of aliphatic carboxylic acids is 1. The summed E-state index contributed by atoms with van der Waals surface area (Å²) in [5, 5.41) is 11.5. The third kappa shape index (κ3) is 5.54. The Balaban J connectivity index is 1.77. The van der Waals surface area contributed by atoms with Crippen molar-refractivity contribution in [3.63, 3.8) is 0 Å². The minimum atomic E-state index is -1.01. The first kappa shape index (κ1) is 18.3. The van der Waals surface area contributed by atoms with Crippen LogP contribution < -0.4 is 10.1 Å². The van der Waals surface area contributed by atoms with Crippen LogP contribution in [0.25, 0.3) is 0 Å². The zero-order valence-electron chi connectivity index (χ0n) is 13.1. The van der Waals surface area contributed by atoms with Crippen molar-refractivity contribution >= 4 is 34.8 Å². The summed E-state index contributed by atoms with van der Waals surface area (Å²) in [4.78, 5) is 23.5. The topological polar surface area (TPSA) is 75.6 Å². The SMILES string of the molecule is CC(C(=O)NCCc1ccc(OCC(=O)O)cc1)c1ccc(Cl)s1. The summed E-state index contributed by atoms with van der Waals surface area (Å²) in [6.45, 7) is 2.02. The molecular weight excluding hydrogens is 350 g/mol. The highest BCUT2D eigenvalue weighted by Gasteiger charge is 2.16. The van der Waals surface area contributed by atoms with Gasteiger partial charge in [-0.25, -0.2) is 4.79 Å². The molecule has 0 spiro atoms. The van der Waals surface area contributed by atoms with Crippen molar-refractivity contribution < 1.29 is 19.4 Å². The highest BCUT2D eigenvalue weighted by Crippen LogP contribution is 2.28. The number of thiophene rings is 1. The molecule has 0 aliphatic carbocycles. The lowest BCUT2D eigenvalue weighted by Gasteiger charge is -2.11. The van der Waals surface area contributed by atoms with Crippen LogP contribution in [0.1, 0.15) is 23.3 Å². The van der Waals surface area contributed by atoms with E-state index < -0.39 is 5.97 Å². The molecule has 0 fully saturated rings. The Morgan fingerprint density at radius 3 is 2.54 bits per heavy atom. The Bertz CT molecular complexity index is 699. The van der Waals surface area contributed by atoms with Gasteiger partial charge in [0.05, 0.1) is 10.3 Å². The molecule has 0 saturated heterocycles. The Morgan fingerprint density at radius 1 is 1.25 bits per heavy atom. The summed E-state index contributed by atoms with van der Waals surface area (Å²) in [5.74, 6) is -0.763. The van der Waals surface area contributed by atoms with E-state index in [9.17, 15) is 9.59 Å². The van der Waals surface area contributed by atoms with E-state index in [1.165, 1.54) is 11.3 Å². The van der Waals surface area contributed by atoms with Crippen molar-refractivity contribution in [1.82, 2.24) is 5.32 Å². The summed E-state index contributed by atoms with van der Waals surface area (Å²) >= 11 is 7.30. The molecule has 1 amide bonds. The summed E-state index contributed by atoms with van der Waals surface area (Å²) in [6, 6.07) is 10.8. The van der Waals surface area contributed by atoms with E-state index in [4.69, 9.17) is 21.4 Å². The third-order valence-electron chi connectivity index (χ3n) is 3.41. The number of amides is 1. The zero-order chi connectivity index (χ0) is 17.5. The largest absolute Gasteiger partial charge is 0.482 e. The average molecular weight is 368 g/mol. The molecule has 24 heavy (non-hydrogen) atoms. The Labute approximate surface area is 149 Å². The van der Waals surface area contributed by atoms with Gasteiger partial charge in [0.2, 0.25) is 5.91 Å². The molecular formula is C17H18ClNO4S. The molecule has 0 bridgehead atoms. The number of hydrogen-bond donors (Lipinski definition) is 2. The smallest absolute Gasteiger partial charge is 0.341 e. The quantitative estimate of drug-likeness (QED) is 0.750. The summed E-state index contributed by atoms with van der Waals surface area (Å²) < 4.78 is 5.74. The molecule has 1 heterocycles. The number of benzene rings is 1. The Kier molecular flexibility index (Phi) is 6.63. The Hall–Kier alpha value is -2.05. The zero-order valence-corrected chi connectivity index (χ0v) is 14.7. The molecule has 0 aliphatic heterocycles. The molecule has 0 radical (unpaired) electrons. The molecule has 0 saturated carbocycles. The van der Waals surface area contributed by atoms with Gasteiger partial charge in [-0.15, -0.1) is 11.3 Å². The maximum atomic E-state index is 12.1. The van der Waals surface area contributed by atoms with E-state index in [0.29, 0.717) is 23.1 Å². The van der Waals surface area contributed by atoms with E-state index in [0.717, 1.165) is 10.4 Å². The average Bonchev–Trinajstić information content (AvgIpc) is 2.99. The summed E-state index contributed by atoms with van der Waals surface area (Å²) in [5.41, 5.74) is 1.03. The van der Waals surface area contributed by atoms with Crippen LogP contribution in [0.4, 0.5) is 0 Å². The van der Waals surface area contributed by atoms with E-state index in [2.05, 4.69) is 5.32 Å². The van der Waals surface area contributed by atoms with Crippen molar-refractivity contribution in [1.29, 1.82) is 0 Å². The third-order valence-corrected chi connectivity index (χ3v) is 4.83. The monoisotopic (exact) mass is 367 g/mol. The second kappa shape index (κ2) is 8.70. The van der Waals surface area contributed by atoms with Gasteiger partial charge in [-0.3, -0.25) is 4.79 Å². The molecule has 5 nitrogen and oxygen atoms in total. The molecule has 1 aromatic heterocycles. The highest BCUT2D eigenvalue weighted by atomic mass is 35.5. The highest BCUT2D eigenvalue weighted by molar-refractivity contribution is 7.16. The van der Waals surface area contributed by atoms with Gasteiger partial charge in [-0.1, -0.05) is 23.7 Å². The van der Waals surface area contributed by atoms with Crippen LogP contribution in [0, 0.1) is 0 Å². The molecule has 2 N–H and O–H groups in total.